The molecule has 0 aliphatic rings. The van der Waals surface area contributed by atoms with E-state index >= 15 is 0 Å². The number of amides is 1. The summed E-state index contributed by atoms with van der Waals surface area (Å²) in [4.78, 5) is 16.3. The van der Waals surface area contributed by atoms with Crippen LogP contribution in [0.2, 0.25) is 0 Å². The van der Waals surface area contributed by atoms with E-state index < -0.39 is 0 Å². The molecule has 0 aliphatic carbocycles. The molecule has 0 bridgehead atoms. The third-order valence-electron chi connectivity index (χ3n) is 2.81. The average Bonchev–Trinajstić information content (AvgIpc) is 3.06. The first kappa shape index (κ1) is 12.4. The molecule has 0 spiro atoms. The first-order chi connectivity index (χ1) is 9.78. The van der Waals surface area contributed by atoms with Gasteiger partial charge >= 0.3 is 0 Å². The number of nitrogens with zero attached hydrogens (tertiary/aromatic N) is 4. The van der Waals surface area contributed by atoms with Gasteiger partial charge in [0.25, 0.3) is 5.91 Å². The molecule has 0 saturated carbocycles. The summed E-state index contributed by atoms with van der Waals surface area (Å²) in [5.41, 5.74) is 1.74. The van der Waals surface area contributed by atoms with E-state index in [0.29, 0.717) is 18.1 Å². The summed E-state index contributed by atoms with van der Waals surface area (Å²) in [7, 11) is 1.58. The number of anilines is 1. The second-order valence-electron chi connectivity index (χ2n) is 4.23. The molecule has 1 amide bonds. The largest absolute Gasteiger partial charge is 0.362 e. The van der Waals surface area contributed by atoms with Gasteiger partial charge in [0.2, 0.25) is 0 Å². The summed E-state index contributed by atoms with van der Waals surface area (Å²) in [6, 6.07) is 5.59. The van der Waals surface area contributed by atoms with E-state index in [1.807, 2.05) is 24.4 Å². The first-order valence-electron chi connectivity index (χ1n) is 6.02. The molecule has 0 unspecified atom stereocenters. The highest BCUT2D eigenvalue weighted by Gasteiger charge is 2.13. The van der Waals surface area contributed by atoms with E-state index in [4.69, 9.17) is 4.74 Å². The number of carbonyl (C=O) groups excluding carboxylic acids is 1. The number of ether oxygens (including phenoxy) is 1. The van der Waals surface area contributed by atoms with Gasteiger partial charge in [0, 0.05) is 13.3 Å². The average molecular weight is 271 g/mol. The van der Waals surface area contributed by atoms with Crippen LogP contribution in [0.3, 0.4) is 0 Å². The minimum atomic E-state index is -0.268. The Morgan fingerprint density at radius 2 is 2.35 bits per heavy atom. The first-order valence-corrected chi connectivity index (χ1v) is 6.02. The number of nitrogens with one attached hydrogen (secondary N) is 1. The lowest BCUT2D eigenvalue weighted by Gasteiger charge is -2.00. The lowest BCUT2D eigenvalue weighted by Crippen LogP contribution is -2.12. The zero-order chi connectivity index (χ0) is 13.9. The van der Waals surface area contributed by atoms with Crippen molar-refractivity contribution in [3.05, 3.63) is 48.8 Å². The molecule has 3 heterocycles. The van der Waals surface area contributed by atoms with Crippen molar-refractivity contribution >= 4 is 17.1 Å². The molecule has 7 nitrogen and oxygen atoms in total. The van der Waals surface area contributed by atoms with Crippen LogP contribution in [0.1, 0.15) is 10.5 Å². The van der Waals surface area contributed by atoms with Crippen molar-refractivity contribution < 1.29 is 9.53 Å². The highest BCUT2D eigenvalue weighted by molar-refractivity contribution is 6.07. The topological polar surface area (TPSA) is 73.5 Å². The molecular formula is C13H13N5O2. The summed E-state index contributed by atoms with van der Waals surface area (Å²) in [5, 5.41) is 6.82. The molecule has 3 aromatic rings. The van der Waals surface area contributed by atoms with Crippen molar-refractivity contribution in [1.82, 2.24) is 19.2 Å². The molecule has 3 rings (SSSR count). The summed E-state index contributed by atoms with van der Waals surface area (Å²) in [5.74, 6) is -0.268. The Hall–Kier alpha value is -2.67. The number of rotatable bonds is 4. The Bertz CT molecular complexity index is 746. The van der Waals surface area contributed by atoms with Gasteiger partial charge in [0.05, 0.1) is 23.6 Å². The Morgan fingerprint density at radius 3 is 3.20 bits per heavy atom. The van der Waals surface area contributed by atoms with Gasteiger partial charge in [0.1, 0.15) is 13.1 Å². The summed E-state index contributed by atoms with van der Waals surface area (Å²) in [6.45, 7) is 0.337. The van der Waals surface area contributed by atoms with Crippen LogP contribution >= 0.6 is 0 Å². The van der Waals surface area contributed by atoms with E-state index in [1.165, 1.54) is 0 Å². The van der Waals surface area contributed by atoms with Crippen LogP contribution in [0.15, 0.2) is 43.1 Å². The molecule has 102 valence electrons. The second-order valence-corrected chi connectivity index (χ2v) is 4.23. The molecule has 1 N–H and O–H groups in total. The summed E-state index contributed by atoms with van der Waals surface area (Å²) < 4.78 is 8.33. The van der Waals surface area contributed by atoms with Gasteiger partial charge in [-0.05, 0) is 12.1 Å². The van der Waals surface area contributed by atoms with Gasteiger partial charge in [-0.15, -0.1) is 0 Å². The van der Waals surface area contributed by atoms with E-state index in [9.17, 15) is 4.79 Å². The van der Waals surface area contributed by atoms with E-state index in [0.717, 1.165) is 5.52 Å². The zero-order valence-electron chi connectivity index (χ0n) is 10.9. The molecule has 0 fully saturated rings. The van der Waals surface area contributed by atoms with Crippen LogP contribution in [0.5, 0.6) is 0 Å². The highest BCUT2D eigenvalue weighted by atomic mass is 16.5. The molecule has 3 aromatic heterocycles. The number of hydrogen-bond donors (Lipinski definition) is 1. The number of pyridine rings is 1. The smallest absolute Gasteiger partial charge is 0.276 e. The van der Waals surface area contributed by atoms with Gasteiger partial charge in [-0.3, -0.25) is 4.79 Å². The maximum atomic E-state index is 12.2. The molecule has 20 heavy (non-hydrogen) atoms. The van der Waals surface area contributed by atoms with E-state index in [2.05, 4.69) is 15.4 Å². The third kappa shape index (κ3) is 2.26. The van der Waals surface area contributed by atoms with Gasteiger partial charge in [-0.25, -0.2) is 9.67 Å². The normalized spacial score (nSPS) is 10.8. The Kier molecular flexibility index (Phi) is 3.18. The number of hydrogen-bond acceptors (Lipinski definition) is 4. The minimum Gasteiger partial charge on any atom is -0.362 e. The van der Waals surface area contributed by atoms with Crippen LogP contribution in [0.25, 0.3) is 5.52 Å². The molecule has 0 saturated heterocycles. The standard InChI is InChI=1S/C13H13N5O2/c1-20-9-18-7-10(6-15-18)16-13(19)12-11-4-2-3-5-17(11)8-14-12/h2-8H,9H2,1H3,(H,16,19). The fourth-order valence-electron chi connectivity index (χ4n) is 1.94. The quantitative estimate of drug-likeness (QED) is 0.778. The van der Waals surface area contributed by atoms with Gasteiger partial charge < -0.3 is 14.5 Å². The molecule has 0 atom stereocenters. The minimum absolute atomic E-state index is 0.268. The Morgan fingerprint density at radius 1 is 1.45 bits per heavy atom. The SMILES string of the molecule is COCn1cc(NC(=O)c2ncn3ccccc23)cn1. The molecule has 7 heteroatoms. The van der Waals surface area contributed by atoms with Crippen molar-refractivity contribution in [2.45, 2.75) is 6.73 Å². The highest BCUT2D eigenvalue weighted by Crippen LogP contribution is 2.12. The predicted molar refractivity (Wildman–Crippen MR) is 72.4 cm³/mol. The Balaban J connectivity index is 1.81. The van der Waals surface area contributed by atoms with Gasteiger partial charge in [-0.1, -0.05) is 6.07 Å². The monoisotopic (exact) mass is 271 g/mol. The number of imidazole rings is 1. The van der Waals surface area contributed by atoms with E-state index in [-0.39, 0.29) is 5.91 Å². The van der Waals surface area contributed by atoms with Crippen LogP contribution in [-0.4, -0.2) is 32.2 Å². The van der Waals surface area contributed by atoms with Crippen LogP contribution in [0.4, 0.5) is 5.69 Å². The van der Waals surface area contributed by atoms with Crippen molar-refractivity contribution in [3.63, 3.8) is 0 Å². The summed E-state index contributed by atoms with van der Waals surface area (Å²) in [6.07, 6.45) is 6.71. The fraction of sp³-hybridized carbons (Fsp3) is 0.154. The van der Waals surface area contributed by atoms with Gasteiger partial charge in [0.15, 0.2) is 5.69 Å². The number of fused-ring (bicyclic) bond motifs is 1. The second kappa shape index (κ2) is 5.14. The molecular weight excluding hydrogens is 258 g/mol. The zero-order valence-corrected chi connectivity index (χ0v) is 10.9. The molecule has 0 aromatic carbocycles. The number of carbonyl (C=O) groups is 1. The Labute approximate surface area is 114 Å². The van der Waals surface area contributed by atoms with E-state index in [1.54, 1.807) is 34.9 Å². The van der Waals surface area contributed by atoms with Crippen molar-refractivity contribution in [2.75, 3.05) is 12.4 Å². The fourth-order valence-corrected chi connectivity index (χ4v) is 1.94. The van der Waals surface area contributed by atoms with Crippen molar-refractivity contribution in [3.8, 4) is 0 Å². The number of methoxy groups -OCH3 is 1. The maximum Gasteiger partial charge on any atom is 0.276 e. The van der Waals surface area contributed by atoms with Crippen molar-refractivity contribution in [2.24, 2.45) is 0 Å². The van der Waals surface area contributed by atoms with Crippen LogP contribution in [-0.2, 0) is 11.5 Å². The van der Waals surface area contributed by atoms with Crippen LogP contribution in [0, 0.1) is 0 Å². The number of aromatic nitrogens is 4. The molecule has 0 aliphatic heterocycles. The van der Waals surface area contributed by atoms with Gasteiger partial charge in [-0.2, -0.15) is 5.10 Å². The summed E-state index contributed by atoms with van der Waals surface area (Å²) >= 11 is 0. The van der Waals surface area contributed by atoms with Crippen molar-refractivity contribution in [1.29, 1.82) is 0 Å². The maximum absolute atomic E-state index is 12.2. The lowest BCUT2D eigenvalue weighted by atomic mass is 10.3. The lowest BCUT2D eigenvalue weighted by molar-refractivity contribution is 0.102. The molecule has 0 radical (unpaired) electrons. The predicted octanol–water partition coefficient (Wildman–Crippen LogP) is 1.39. The van der Waals surface area contributed by atoms with Crippen LogP contribution < -0.4 is 5.32 Å². The third-order valence-corrected chi connectivity index (χ3v) is 2.81.